The Balaban J connectivity index is 2.52. The van der Waals surface area contributed by atoms with Crippen LogP contribution in [-0.2, 0) is 0 Å². The van der Waals surface area contributed by atoms with E-state index in [1.165, 1.54) is 12.7 Å². The van der Waals surface area contributed by atoms with Crippen LogP contribution in [0, 0.1) is 5.92 Å². The molecule has 0 radical (unpaired) electrons. The topological polar surface area (TPSA) is 55.1 Å². The van der Waals surface area contributed by atoms with E-state index in [4.69, 9.17) is 4.42 Å². The zero-order valence-electron chi connectivity index (χ0n) is 8.07. The summed E-state index contributed by atoms with van der Waals surface area (Å²) in [5.41, 5.74) is 0.326. The fourth-order valence-corrected chi connectivity index (χ4v) is 0.772. The molecule has 0 aliphatic heterocycles. The van der Waals surface area contributed by atoms with Crippen molar-refractivity contribution >= 4 is 5.91 Å². The lowest BCUT2D eigenvalue weighted by atomic mass is 10.1. The van der Waals surface area contributed by atoms with Gasteiger partial charge in [-0.2, -0.15) is 0 Å². The third kappa shape index (κ3) is 2.57. The lowest BCUT2D eigenvalue weighted by molar-refractivity contribution is 0.0925. The number of hydrogen-bond donors (Lipinski definition) is 1. The summed E-state index contributed by atoms with van der Waals surface area (Å²) in [6, 6.07) is 0.143. The molecule has 1 heterocycles. The fourth-order valence-electron chi connectivity index (χ4n) is 0.772. The van der Waals surface area contributed by atoms with Crippen LogP contribution in [0.3, 0.4) is 0 Å². The average molecular weight is 182 g/mol. The number of aromatic nitrogens is 1. The largest absolute Gasteiger partial charge is 0.451 e. The van der Waals surface area contributed by atoms with E-state index in [0.29, 0.717) is 11.6 Å². The number of nitrogens with zero attached hydrogens (tertiary/aromatic N) is 1. The van der Waals surface area contributed by atoms with E-state index in [-0.39, 0.29) is 11.9 Å². The van der Waals surface area contributed by atoms with Crippen LogP contribution in [0.25, 0.3) is 0 Å². The standard InChI is InChI=1S/C9H14N2O2/c1-6(2)7(3)11-9(12)8-4-13-5-10-8/h4-7H,1-3H3,(H,11,12). The third-order valence-electron chi connectivity index (χ3n) is 2.02. The van der Waals surface area contributed by atoms with Gasteiger partial charge in [-0.3, -0.25) is 4.79 Å². The molecule has 0 aliphatic rings. The minimum absolute atomic E-state index is 0.143. The van der Waals surface area contributed by atoms with Crippen LogP contribution in [0.2, 0.25) is 0 Å². The van der Waals surface area contributed by atoms with Gasteiger partial charge in [-0.05, 0) is 12.8 Å². The second-order valence-electron chi connectivity index (χ2n) is 3.38. The molecule has 72 valence electrons. The molecule has 0 saturated carbocycles. The highest BCUT2D eigenvalue weighted by Crippen LogP contribution is 2.01. The third-order valence-corrected chi connectivity index (χ3v) is 2.02. The van der Waals surface area contributed by atoms with Gasteiger partial charge < -0.3 is 9.73 Å². The maximum Gasteiger partial charge on any atom is 0.273 e. The molecule has 1 rings (SSSR count). The van der Waals surface area contributed by atoms with Crippen molar-refractivity contribution in [2.24, 2.45) is 5.92 Å². The Morgan fingerprint density at radius 1 is 1.54 bits per heavy atom. The molecule has 1 aromatic rings. The molecular formula is C9H14N2O2. The van der Waals surface area contributed by atoms with Gasteiger partial charge in [0.1, 0.15) is 6.26 Å². The van der Waals surface area contributed by atoms with Crippen molar-refractivity contribution < 1.29 is 9.21 Å². The number of hydrogen-bond acceptors (Lipinski definition) is 3. The summed E-state index contributed by atoms with van der Waals surface area (Å²) < 4.78 is 4.71. The first-order valence-corrected chi connectivity index (χ1v) is 4.30. The quantitative estimate of drug-likeness (QED) is 0.769. The monoisotopic (exact) mass is 182 g/mol. The van der Waals surface area contributed by atoms with Gasteiger partial charge in [0.2, 0.25) is 0 Å². The molecule has 0 spiro atoms. The van der Waals surface area contributed by atoms with E-state index in [9.17, 15) is 4.79 Å². The second-order valence-corrected chi connectivity index (χ2v) is 3.38. The summed E-state index contributed by atoms with van der Waals surface area (Å²) in [7, 11) is 0. The SMILES string of the molecule is CC(C)C(C)NC(=O)c1cocn1. The van der Waals surface area contributed by atoms with Crippen molar-refractivity contribution in [3.05, 3.63) is 18.4 Å². The minimum atomic E-state index is -0.185. The maximum absolute atomic E-state index is 11.4. The molecule has 0 aromatic carbocycles. The zero-order chi connectivity index (χ0) is 9.84. The predicted molar refractivity (Wildman–Crippen MR) is 48.3 cm³/mol. The Labute approximate surface area is 77.3 Å². The molecule has 1 aromatic heterocycles. The predicted octanol–water partition coefficient (Wildman–Crippen LogP) is 1.45. The van der Waals surface area contributed by atoms with Gasteiger partial charge in [0.25, 0.3) is 5.91 Å². The summed E-state index contributed by atoms with van der Waals surface area (Å²) in [6.07, 6.45) is 2.58. The van der Waals surface area contributed by atoms with Crippen molar-refractivity contribution in [1.29, 1.82) is 0 Å². The van der Waals surface area contributed by atoms with E-state index in [1.54, 1.807) is 0 Å². The summed E-state index contributed by atoms with van der Waals surface area (Å²) in [5, 5.41) is 2.82. The summed E-state index contributed by atoms with van der Waals surface area (Å²) >= 11 is 0. The van der Waals surface area contributed by atoms with Gasteiger partial charge >= 0.3 is 0 Å². The molecular weight excluding hydrogens is 168 g/mol. The van der Waals surface area contributed by atoms with Crippen molar-refractivity contribution in [3.8, 4) is 0 Å². The van der Waals surface area contributed by atoms with Crippen molar-refractivity contribution in [1.82, 2.24) is 10.3 Å². The fraction of sp³-hybridized carbons (Fsp3) is 0.556. The first-order chi connectivity index (χ1) is 6.11. The summed E-state index contributed by atoms with van der Waals surface area (Å²) in [5.74, 6) is 0.228. The van der Waals surface area contributed by atoms with E-state index in [2.05, 4.69) is 10.3 Å². The second kappa shape index (κ2) is 4.07. The highest BCUT2D eigenvalue weighted by Gasteiger charge is 2.13. The molecule has 1 amide bonds. The van der Waals surface area contributed by atoms with Crippen LogP contribution >= 0.6 is 0 Å². The molecule has 13 heavy (non-hydrogen) atoms. The van der Waals surface area contributed by atoms with E-state index in [1.807, 2.05) is 20.8 Å². The molecule has 1 N–H and O–H groups in total. The summed E-state index contributed by atoms with van der Waals surface area (Å²) in [6.45, 7) is 6.06. The van der Waals surface area contributed by atoms with E-state index in [0.717, 1.165) is 0 Å². The molecule has 1 unspecified atom stereocenters. The highest BCUT2D eigenvalue weighted by atomic mass is 16.3. The molecule has 1 atom stereocenters. The molecule has 0 saturated heterocycles. The molecule has 4 nitrogen and oxygen atoms in total. The number of rotatable bonds is 3. The lowest BCUT2D eigenvalue weighted by Gasteiger charge is -2.16. The van der Waals surface area contributed by atoms with Crippen LogP contribution < -0.4 is 5.32 Å². The van der Waals surface area contributed by atoms with Gasteiger partial charge in [-0.1, -0.05) is 13.8 Å². The molecule has 0 bridgehead atoms. The number of nitrogens with one attached hydrogen (secondary N) is 1. The first kappa shape index (κ1) is 9.77. The number of amides is 1. The number of oxazole rings is 1. The van der Waals surface area contributed by atoms with E-state index >= 15 is 0 Å². The van der Waals surface area contributed by atoms with Crippen LogP contribution in [-0.4, -0.2) is 16.9 Å². The Bertz CT molecular complexity index is 267. The van der Waals surface area contributed by atoms with Gasteiger partial charge in [-0.15, -0.1) is 0 Å². The first-order valence-electron chi connectivity index (χ1n) is 4.30. The smallest absolute Gasteiger partial charge is 0.273 e. The van der Waals surface area contributed by atoms with Gasteiger partial charge in [-0.25, -0.2) is 4.98 Å². The van der Waals surface area contributed by atoms with Crippen molar-refractivity contribution in [2.75, 3.05) is 0 Å². The van der Waals surface area contributed by atoms with Crippen molar-refractivity contribution in [2.45, 2.75) is 26.8 Å². The highest BCUT2D eigenvalue weighted by molar-refractivity contribution is 5.91. The Morgan fingerprint density at radius 2 is 2.23 bits per heavy atom. The summed E-state index contributed by atoms with van der Waals surface area (Å²) in [4.78, 5) is 15.1. The minimum Gasteiger partial charge on any atom is -0.451 e. The lowest BCUT2D eigenvalue weighted by Crippen LogP contribution is -2.36. The molecule has 0 aliphatic carbocycles. The Hall–Kier alpha value is -1.32. The van der Waals surface area contributed by atoms with Crippen LogP contribution in [0.1, 0.15) is 31.3 Å². The maximum atomic E-state index is 11.4. The Morgan fingerprint density at radius 3 is 2.69 bits per heavy atom. The van der Waals surface area contributed by atoms with Gasteiger partial charge in [0.15, 0.2) is 12.1 Å². The zero-order valence-corrected chi connectivity index (χ0v) is 8.07. The molecule has 4 heteroatoms. The van der Waals surface area contributed by atoms with E-state index < -0.39 is 0 Å². The van der Waals surface area contributed by atoms with Gasteiger partial charge in [0, 0.05) is 6.04 Å². The average Bonchev–Trinajstić information content (AvgIpc) is 2.55. The Kier molecular flexibility index (Phi) is 3.06. The van der Waals surface area contributed by atoms with Crippen molar-refractivity contribution in [3.63, 3.8) is 0 Å². The van der Waals surface area contributed by atoms with Crippen LogP contribution in [0.4, 0.5) is 0 Å². The number of carbonyl (C=O) groups is 1. The molecule has 0 fully saturated rings. The number of carbonyl (C=O) groups excluding carboxylic acids is 1. The van der Waals surface area contributed by atoms with Crippen LogP contribution in [0.5, 0.6) is 0 Å². The van der Waals surface area contributed by atoms with Gasteiger partial charge in [0.05, 0.1) is 0 Å². The van der Waals surface area contributed by atoms with Crippen LogP contribution in [0.15, 0.2) is 17.1 Å². The normalized spacial score (nSPS) is 12.9.